The monoisotopic (exact) mass is 622 g/mol. The highest BCUT2D eigenvalue weighted by Gasteiger charge is 2.31. The maximum atomic E-state index is 15.7. The van der Waals surface area contributed by atoms with Crippen molar-refractivity contribution < 1.29 is 22.8 Å². The highest BCUT2D eigenvalue weighted by molar-refractivity contribution is 9.11. The summed E-state index contributed by atoms with van der Waals surface area (Å²) in [5, 5.41) is 2.66. The average molecular weight is 624 g/mol. The van der Waals surface area contributed by atoms with Gasteiger partial charge in [0.15, 0.2) is 5.82 Å². The van der Waals surface area contributed by atoms with Crippen LogP contribution in [0.4, 0.5) is 24.5 Å². The number of carbonyl (C=O) groups excluding carboxylic acids is 2. The summed E-state index contributed by atoms with van der Waals surface area (Å²) in [5.74, 6) is -2.31. The molecule has 1 aliphatic carbocycles. The molecule has 1 N–H and O–H groups in total. The maximum Gasteiger partial charge on any atom is 0.258 e. The minimum Gasteiger partial charge on any atom is -0.320 e. The molecule has 2 amide bonds. The fourth-order valence-electron chi connectivity index (χ4n) is 3.72. The number of nitrogens with zero attached hydrogens (tertiary/aromatic N) is 1. The number of hydrogen-bond acceptors (Lipinski definition) is 2. The second-order valence-electron chi connectivity index (χ2n) is 9.25. The average Bonchev–Trinajstić information content (AvgIpc) is 3.64. The number of halogens is 5. The van der Waals surface area contributed by atoms with Crippen molar-refractivity contribution in [2.45, 2.75) is 32.4 Å². The molecule has 1 fully saturated rings. The van der Waals surface area contributed by atoms with Crippen LogP contribution in [0.2, 0.25) is 0 Å². The second kappa shape index (κ2) is 10.4. The number of benzene rings is 3. The van der Waals surface area contributed by atoms with Gasteiger partial charge >= 0.3 is 0 Å². The largest absolute Gasteiger partial charge is 0.320 e. The van der Waals surface area contributed by atoms with Crippen molar-refractivity contribution in [3.8, 4) is 0 Å². The summed E-state index contributed by atoms with van der Waals surface area (Å²) in [5.41, 5.74) is -0.964. The molecule has 1 aliphatic rings. The molecule has 0 heterocycles. The number of anilines is 2. The van der Waals surface area contributed by atoms with Crippen LogP contribution < -0.4 is 10.2 Å². The van der Waals surface area contributed by atoms with Gasteiger partial charge in [-0.3, -0.25) is 9.59 Å². The Morgan fingerprint density at radius 3 is 2.19 bits per heavy atom. The van der Waals surface area contributed by atoms with Crippen molar-refractivity contribution in [3.05, 3.63) is 91.9 Å². The topological polar surface area (TPSA) is 49.4 Å². The molecule has 3 aromatic carbocycles. The van der Waals surface area contributed by atoms with E-state index in [1.807, 2.05) is 0 Å². The SMILES string of the molecule is CC(C)(F)c1cc(Br)c(NC(=O)c2cccc(N(CC3CC3)C(=O)c3ccc(F)cc3)c2F)c(Br)c1. The first kappa shape index (κ1) is 26.4. The van der Waals surface area contributed by atoms with Crippen LogP contribution in [0.3, 0.4) is 0 Å². The lowest BCUT2D eigenvalue weighted by Gasteiger charge is -2.24. The smallest absolute Gasteiger partial charge is 0.258 e. The number of hydrogen-bond donors (Lipinski definition) is 1. The van der Waals surface area contributed by atoms with Crippen molar-refractivity contribution in [1.82, 2.24) is 0 Å². The Hall–Kier alpha value is -2.65. The van der Waals surface area contributed by atoms with Gasteiger partial charge in [-0.1, -0.05) is 6.07 Å². The molecule has 4 nitrogen and oxygen atoms in total. The van der Waals surface area contributed by atoms with E-state index in [2.05, 4.69) is 37.2 Å². The lowest BCUT2D eigenvalue weighted by atomic mass is 10.00. The summed E-state index contributed by atoms with van der Waals surface area (Å²) in [6.45, 7) is 3.12. The van der Waals surface area contributed by atoms with Crippen LogP contribution in [0, 0.1) is 17.6 Å². The Kier molecular flexibility index (Phi) is 7.61. The first-order valence-electron chi connectivity index (χ1n) is 11.3. The number of rotatable bonds is 7. The Morgan fingerprint density at radius 2 is 1.64 bits per heavy atom. The molecule has 4 rings (SSSR count). The van der Waals surface area contributed by atoms with E-state index in [-0.39, 0.29) is 29.3 Å². The minimum atomic E-state index is -1.60. The Labute approximate surface area is 224 Å². The molecular formula is C27H23Br2F3N2O2. The highest BCUT2D eigenvalue weighted by atomic mass is 79.9. The lowest BCUT2D eigenvalue weighted by molar-refractivity contribution is 0.0980. The van der Waals surface area contributed by atoms with Gasteiger partial charge in [-0.05, 0) is 119 Å². The molecule has 36 heavy (non-hydrogen) atoms. The summed E-state index contributed by atoms with van der Waals surface area (Å²) in [4.78, 5) is 27.6. The molecule has 3 aromatic rings. The van der Waals surface area contributed by atoms with Crippen LogP contribution in [0.5, 0.6) is 0 Å². The molecule has 0 aromatic heterocycles. The Balaban J connectivity index is 1.65. The van der Waals surface area contributed by atoms with E-state index in [9.17, 15) is 18.4 Å². The standard InChI is InChI=1S/C27H23Br2F3N2O2/c1-27(2,32)17-12-20(28)24(21(29)13-17)33-25(35)19-4-3-5-22(23(19)31)34(14-15-6-7-15)26(36)16-8-10-18(30)11-9-16/h3-5,8-13,15H,6-7,14H2,1-2H3,(H,33,35). The molecule has 0 atom stereocenters. The van der Waals surface area contributed by atoms with Crippen LogP contribution in [0.1, 0.15) is 53.0 Å². The van der Waals surface area contributed by atoms with Gasteiger partial charge in [0, 0.05) is 21.1 Å². The molecule has 0 unspecified atom stereocenters. The van der Waals surface area contributed by atoms with E-state index in [4.69, 9.17) is 0 Å². The molecule has 0 spiro atoms. The van der Waals surface area contributed by atoms with Crippen molar-refractivity contribution in [3.63, 3.8) is 0 Å². The second-order valence-corrected chi connectivity index (χ2v) is 11.0. The van der Waals surface area contributed by atoms with E-state index < -0.39 is 29.1 Å². The normalized spacial score (nSPS) is 13.4. The van der Waals surface area contributed by atoms with Gasteiger partial charge in [0.05, 0.1) is 16.9 Å². The number of carbonyl (C=O) groups is 2. The first-order chi connectivity index (χ1) is 17.0. The zero-order valence-corrected chi connectivity index (χ0v) is 22.7. The number of amides is 2. The fourth-order valence-corrected chi connectivity index (χ4v) is 5.10. The zero-order chi connectivity index (χ0) is 26.2. The zero-order valence-electron chi connectivity index (χ0n) is 19.5. The van der Waals surface area contributed by atoms with E-state index in [1.54, 1.807) is 12.1 Å². The third-order valence-electron chi connectivity index (χ3n) is 5.95. The van der Waals surface area contributed by atoms with E-state index in [0.717, 1.165) is 12.8 Å². The van der Waals surface area contributed by atoms with Crippen molar-refractivity contribution in [2.75, 3.05) is 16.8 Å². The van der Waals surface area contributed by atoms with Crippen LogP contribution in [0.25, 0.3) is 0 Å². The van der Waals surface area contributed by atoms with Gasteiger partial charge in [0.2, 0.25) is 0 Å². The van der Waals surface area contributed by atoms with Crippen LogP contribution in [0.15, 0.2) is 63.5 Å². The quantitative estimate of drug-likeness (QED) is 0.290. The van der Waals surface area contributed by atoms with E-state index in [1.165, 1.54) is 61.2 Å². The third kappa shape index (κ3) is 5.83. The van der Waals surface area contributed by atoms with Crippen LogP contribution in [-0.4, -0.2) is 18.4 Å². The summed E-state index contributed by atoms with van der Waals surface area (Å²) in [6.07, 6.45) is 1.84. The fraction of sp³-hybridized carbons (Fsp3) is 0.259. The molecule has 188 valence electrons. The Bertz CT molecular complexity index is 1300. The first-order valence-corrected chi connectivity index (χ1v) is 12.9. The highest BCUT2D eigenvalue weighted by Crippen LogP contribution is 2.38. The minimum absolute atomic E-state index is 0.0310. The molecule has 0 bridgehead atoms. The van der Waals surface area contributed by atoms with Crippen molar-refractivity contribution in [1.29, 1.82) is 0 Å². The lowest BCUT2D eigenvalue weighted by Crippen LogP contribution is -2.34. The maximum absolute atomic E-state index is 15.7. The molecule has 0 aliphatic heterocycles. The predicted molar refractivity (Wildman–Crippen MR) is 141 cm³/mol. The Morgan fingerprint density at radius 1 is 1.03 bits per heavy atom. The van der Waals surface area contributed by atoms with Crippen LogP contribution >= 0.6 is 31.9 Å². The van der Waals surface area contributed by atoms with E-state index >= 15 is 4.39 Å². The molecule has 0 saturated heterocycles. The van der Waals surface area contributed by atoms with Gasteiger partial charge in [-0.25, -0.2) is 13.2 Å². The summed E-state index contributed by atoms with van der Waals surface area (Å²) >= 11 is 6.69. The van der Waals surface area contributed by atoms with Gasteiger partial charge in [-0.2, -0.15) is 0 Å². The third-order valence-corrected chi connectivity index (χ3v) is 7.21. The summed E-state index contributed by atoms with van der Waals surface area (Å²) < 4.78 is 44.3. The molecule has 9 heteroatoms. The predicted octanol–water partition coefficient (Wildman–Crippen LogP) is 8.00. The van der Waals surface area contributed by atoms with Gasteiger partial charge < -0.3 is 10.2 Å². The number of alkyl halides is 1. The summed E-state index contributed by atoms with van der Waals surface area (Å²) in [7, 11) is 0. The van der Waals surface area contributed by atoms with Crippen molar-refractivity contribution >= 4 is 55.0 Å². The van der Waals surface area contributed by atoms with Gasteiger partial charge in [-0.15, -0.1) is 0 Å². The van der Waals surface area contributed by atoms with Crippen LogP contribution in [-0.2, 0) is 5.67 Å². The molecule has 1 saturated carbocycles. The van der Waals surface area contributed by atoms with Crippen molar-refractivity contribution in [2.24, 2.45) is 5.92 Å². The van der Waals surface area contributed by atoms with E-state index in [0.29, 0.717) is 20.2 Å². The molecule has 0 radical (unpaired) electrons. The van der Waals surface area contributed by atoms with Gasteiger partial charge in [0.1, 0.15) is 11.5 Å². The summed E-state index contributed by atoms with van der Waals surface area (Å²) in [6, 6.07) is 12.4. The molecular weight excluding hydrogens is 601 g/mol. The number of nitrogens with one attached hydrogen (secondary N) is 1. The van der Waals surface area contributed by atoms with Gasteiger partial charge in [0.25, 0.3) is 11.8 Å².